The zero-order valence-electron chi connectivity index (χ0n) is 18.8. The monoisotopic (exact) mass is 465 g/mol. The van der Waals surface area contributed by atoms with Crippen LogP contribution in [-0.4, -0.2) is 32.5 Å². The molecule has 7 nitrogen and oxygen atoms in total. The molecule has 0 aliphatic heterocycles. The van der Waals surface area contributed by atoms with Gasteiger partial charge in [-0.2, -0.15) is 0 Å². The fourth-order valence-corrected chi connectivity index (χ4v) is 4.58. The lowest BCUT2D eigenvalue weighted by Gasteiger charge is -2.28. The third-order valence-corrected chi connectivity index (χ3v) is 6.34. The lowest BCUT2D eigenvalue weighted by Crippen LogP contribution is -2.45. The Morgan fingerprint density at radius 1 is 0.909 bits per heavy atom. The van der Waals surface area contributed by atoms with Crippen molar-refractivity contribution in [2.24, 2.45) is 0 Å². The molecule has 0 saturated carbocycles. The van der Waals surface area contributed by atoms with Crippen molar-refractivity contribution >= 4 is 33.2 Å². The number of para-hydroxylation sites is 1. The van der Waals surface area contributed by atoms with Crippen molar-refractivity contribution < 1.29 is 18.0 Å². The van der Waals surface area contributed by atoms with Crippen LogP contribution in [-0.2, 0) is 21.4 Å². The number of benzene rings is 3. The van der Waals surface area contributed by atoms with Crippen LogP contribution in [0.15, 0.2) is 78.9 Å². The molecule has 0 spiro atoms. The summed E-state index contributed by atoms with van der Waals surface area (Å²) in [6.07, 6.45) is 1.06. The molecule has 3 aromatic carbocycles. The van der Waals surface area contributed by atoms with Gasteiger partial charge in [0.05, 0.1) is 23.2 Å². The minimum Gasteiger partial charge on any atom is -0.348 e. The maximum atomic E-state index is 13.0. The van der Waals surface area contributed by atoms with Crippen molar-refractivity contribution in [1.82, 2.24) is 5.32 Å². The molecule has 0 aliphatic carbocycles. The molecule has 0 aliphatic rings. The number of nitrogens with zero attached hydrogens (tertiary/aromatic N) is 1. The Labute approximate surface area is 194 Å². The van der Waals surface area contributed by atoms with Gasteiger partial charge >= 0.3 is 0 Å². The molecule has 0 fully saturated rings. The van der Waals surface area contributed by atoms with Gasteiger partial charge in [0.2, 0.25) is 15.9 Å². The zero-order valence-corrected chi connectivity index (χ0v) is 19.6. The minimum absolute atomic E-state index is 0.287. The van der Waals surface area contributed by atoms with Crippen LogP contribution >= 0.6 is 0 Å². The Kier molecular flexibility index (Phi) is 7.50. The highest BCUT2D eigenvalue weighted by Gasteiger charge is 2.29. The summed E-state index contributed by atoms with van der Waals surface area (Å²) >= 11 is 0. The maximum Gasteiger partial charge on any atom is 0.253 e. The lowest BCUT2D eigenvalue weighted by molar-refractivity contribution is -0.116. The lowest BCUT2D eigenvalue weighted by atomic mass is 10.1. The minimum atomic E-state index is -3.74. The Balaban J connectivity index is 1.79. The molecule has 0 saturated heterocycles. The van der Waals surface area contributed by atoms with E-state index in [-0.39, 0.29) is 11.5 Å². The van der Waals surface area contributed by atoms with Crippen LogP contribution in [0.5, 0.6) is 0 Å². The van der Waals surface area contributed by atoms with Crippen LogP contribution in [0.4, 0.5) is 11.4 Å². The molecular formula is C25H27N3O4S. The van der Waals surface area contributed by atoms with E-state index in [0.717, 1.165) is 21.7 Å². The number of hydrogen-bond acceptors (Lipinski definition) is 4. The highest BCUT2D eigenvalue weighted by molar-refractivity contribution is 7.92. The van der Waals surface area contributed by atoms with Gasteiger partial charge in [-0.3, -0.25) is 13.9 Å². The van der Waals surface area contributed by atoms with E-state index in [9.17, 15) is 18.0 Å². The van der Waals surface area contributed by atoms with E-state index < -0.39 is 22.0 Å². The van der Waals surface area contributed by atoms with Crippen molar-refractivity contribution in [2.75, 3.05) is 15.9 Å². The molecule has 2 amide bonds. The molecule has 0 unspecified atom stereocenters. The van der Waals surface area contributed by atoms with Gasteiger partial charge in [-0.15, -0.1) is 0 Å². The number of aryl methyl sites for hydroxylation is 1. The molecule has 172 valence electrons. The van der Waals surface area contributed by atoms with Gasteiger partial charge < -0.3 is 10.6 Å². The van der Waals surface area contributed by atoms with Crippen LogP contribution in [0.25, 0.3) is 0 Å². The number of amides is 2. The first-order chi connectivity index (χ1) is 15.7. The predicted molar refractivity (Wildman–Crippen MR) is 131 cm³/mol. The smallest absolute Gasteiger partial charge is 0.253 e. The van der Waals surface area contributed by atoms with Gasteiger partial charge in [0, 0.05) is 6.54 Å². The van der Waals surface area contributed by atoms with Gasteiger partial charge in [-0.1, -0.05) is 60.2 Å². The molecule has 8 heteroatoms. The van der Waals surface area contributed by atoms with Gasteiger partial charge in [0.25, 0.3) is 5.91 Å². The first-order valence-electron chi connectivity index (χ1n) is 10.4. The largest absolute Gasteiger partial charge is 0.348 e. The van der Waals surface area contributed by atoms with E-state index in [0.29, 0.717) is 17.9 Å². The second kappa shape index (κ2) is 10.3. The summed E-state index contributed by atoms with van der Waals surface area (Å²) in [6.45, 7) is 3.74. The van der Waals surface area contributed by atoms with Crippen LogP contribution < -0.4 is 14.9 Å². The second-order valence-electron chi connectivity index (χ2n) is 7.77. The van der Waals surface area contributed by atoms with Crippen LogP contribution in [0.1, 0.15) is 28.4 Å². The molecule has 0 heterocycles. The first-order valence-corrected chi connectivity index (χ1v) is 12.3. The van der Waals surface area contributed by atoms with E-state index in [4.69, 9.17) is 0 Å². The highest BCUT2D eigenvalue weighted by Crippen LogP contribution is 2.23. The number of nitrogens with one attached hydrogen (secondary N) is 2. The molecular weight excluding hydrogens is 438 g/mol. The average Bonchev–Trinajstić information content (AvgIpc) is 2.79. The first kappa shape index (κ1) is 24.0. The maximum absolute atomic E-state index is 13.0. The summed E-state index contributed by atoms with van der Waals surface area (Å²) in [4.78, 5) is 25.8. The highest BCUT2D eigenvalue weighted by atomic mass is 32.2. The van der Waals surface area contributed by atoms with E-state index in [1.54, 1.807) is 48.5 Å². The zero-order chi connectivity index (χ0) is 24.0. The van der Waals surface area contributed by atoms with Crippen molar-refractivity contribution in [3.05, 3.63) is 95.6 Å². The summed E-state index contributed by atoms with van der Waals surface area (Å²) in [5.74, 6) is -0.898. The van der Waals surface area contributed by atoms with Crippen LogP contribution in [0.2, 0.25) is 0 Å². The third-order valence-electron chi connectivity index (χ3n) is 5.10. The Morgan fingerprint density at radius 2 is 1.52 bits per heavy atom. The van der Waals surface area contributed by atoms with Crippen LogP contribution in [0, 0.1) is 6.92 Å². The summed E-state index contributed by atoms with van der Waals surface area (Å²) in [6, 6.07) is 21.9. The quantitative estimate of drug-likeness (QED) is 0.530. The summed E-state index contributed by atoms with van der Waals surface area (Å²) in [5, 5.41) is 5.56. The second-order valence-corrected chi connectivity index (χ2v) is 9.63. The summed E-state index contributed by atoms with van der Waals surface area (Å²) < 4.78 is 26.1. The van der Waals surface area contributed by atoms with E-state index in [2.05, 4.69) is 10.6 Å². The standard InChI is InChI=1S/C25H27N3O4S/c1-18-13-15-21(16-14-18)28(33(3,31)32)19(2)24(29)27-23-12-8-7-11-22(23)25(30)26-17-20-9-5-4-6-10-20/h4-16,19H,17H2,1-3H3,(H,26,30)(H,27,29)/t19-/m0/s1. The Bertz CT molecular complexity index is 1230. The van der Waals surface area contributed by atoms with Crippen molar-refractivity contribution in [1.29, 1.82) is 0 Å². The van der Waals surface area contributed by atoms with E-state index in [1.807, 2.05) is 37.3 Å². The number of anilines is 2. The number of hydrogen-bond donors (Lipinski definition) is 2. The molecule has 1 atom stereocenters. The molecule has 0 aromatic heterocycles. The molecule has 33 heavy (non-hydrogen) atoms. The normalized spacial score (nSPS) is 12.0. The van der Waals surface area contributed by atoms with E-state index >= 15 is 0 Å². The predicted octanol–water partition coefficient (Wildman–Crippen LogP) is 3.72. The topological polar surface area (TPSA) is 95.6 Å². The summed E-state index contributed by atoms with van der Waals surface area (Å²) in [7, 11) is -3.74. The third kappa shape index (κ3) is 6.20. The van der Waals surface area contributed by atoms with Crippen molar-refractivity contribution in [3.63, 3.8) is 0 Å². The summed E-state index contributed by atoms with van der Waals surface area (Å²) in [5.41, 5.74) is 2.90. The SMILES string of the molecule is Cc1ccc(N([C@@H](C)C(=O)Nc2ccccc2C(=O)NCc2ccccc2)S(C)(=O)=O)cc1. The Hall–Kier alpha value is -3.65. The molecule has 0 radical (unpaired) electrons. The van der Waals surface area contributed by atoms with Gasteiger partial charge in [-0.05, 0) is 43.7 Å². The van der Waals surface area contributed by atoms with Crippen molar-refractivity contribution in [3.8, 4) is 0 Å². The molecule has 2 N–H and O–H groups in total. The van der Waals surface area contributed by atoms with Gasteiger partial charge in [0.1, 0.15) is 6.04 Å². The van der Waals surface area contributed by atoms with Crippen molar-refractivity contribution in [2.45, 2.75) is 26.4 Å². The fourth-order valence-electron chi connectivity index (χ4n) is 3.40. The molecule has 0 bridgehead atoms. The average molecular weight is 466 g/mol. The number of rotatable bonds is 8. The molecule has 3 aromatic rings. The number of carbonyl (C=O) groups is 2. The number of sulfonamides is 1. The van der Waals surface area contributed by atoms with Gasteiger partial charge in [0.15, 0.2) is 0 Å². The van der Waals surface area contributed by atoms with Crippen LogP contribution in [0.3, 0.4) is 0 Å². The Morgan fingerprint density at radius 3 is 2.15 bits per heavy atom. The number of carbonyl (C=O) groups excluding carboxylic acids is 2. The fraction of sp³-hybridized carbons (Fsp3) is 0.200. The molecule has 3 rings (SSSR count). The van der Waals surface area contributed by atoms with Gasteiger partial charge in [-0.25, -0.2) is 8.42 Å². The van der Waals surface area contributed by atoms with E-state index in [1.165, 1.54) is 6.92 Å².